The van der Waals surface area contributed by atoms with Crippen LogP contribution in [0.1, 0.15) is 50.0 Å². The molecule has 2 aromatic carbocycles. The molecule has 0 spiro atoms. The minimum absolute atomic E-state index is 0.0132. The van der Waals surface area contributed by atoms with Crippen LogP contribution in [0.25, 0.3) is 10.1 Å². The second-order valence-corrected chi connectivity index (χ2v) is 11.6. The molecular formula is C29H30BrFN4O2S. The van der Waals surface area contributed by atoms with Crippen LogP contribution in [0.15, 0.2) is 80.7 Å². The number of carbonyl (C=O) groups is 1. The maximum atomic E-state index is 13.5. The number of hydrogen-bond donors (Lipinski definition) is 3. The number of amides is 1. The van der Waals surface area contributed by atoms with E-state index in [0.717, 1.165) is 25.0 Å². The van der Waals surface area contributed by atoms with Gasteiger partial charge in [0.2, 0.25) is 5.91 Å². The third kappa shape index (κ3) is 6.05. The fourth-order valence-corrected chi connectivity index (χ4v) is 6.49. The maximum absolute atomic E-state index is 13.5. The highest BCUT2D eigenvalue weighted by Crippen LogP contribution is 2.46. The molecule has 0 aliphatic carbocycles. The molecule has 38 heavy (non-hydrogen) atoms. The van der Waals surface area contributed by atoms with Crippen molar-refractivity contribution in [2.24, 2.45) is 22.4 Å². The van der Waals surface area contributed by atoms with Crippen molar-refractivity contribution in [2.75, 3.05) is 0 Å². The summed E-state index contributed by atoms with van der Waals surface area (Å²) in [6, 6.07) is 14.3. The number of hydrogen-bond acceptors (Lipinski definition) is 6. The number of allylic oxidation sites excluding steroid dienone is 2. The molecule has 0 bridgehead atoms. The van der Waals surface area contributed by atoms with Crippen molar-refractivity contribution in [1.29, 1.82) is 5.41 Å². The first-order valence-electron chi connectivity index (χ1n) is 12.3. The molecule has 1 atom stereocenters. The van der Waals surface area contributed by atoms with Gasteiger partial charge in [-0.05, 0) is 61.1 Å². The second-order valence-electron chi connectivity index (χ2n) is 9.68. The number of rotatable bonds is 8. The third-order valence-corrected chi connectivity index (χ3v) is 8.10. The predicted molar refractivity (Wildman–Crippen MR) is 156 cm³/mol. The molecule has 1 unspecified atom stereocenters. The summed E-state index contributed by atoms with van der Waals surface area (Å²) < 4.78 is 21.1. The SMILES string of the molecule is CC(=N)O/C(N)=C1/C(CCc2ccc(F)cc2)=NC(CC(C)C)=C(C(N)=O)C1c1cc2c(Br)cccc2s1. The Bertz CT molecular complexity index is 1490. The molecule has 2 heterocycles. The maximum Gasteiger partial charge on any atom is 0.247 e. The molecule has 5 N–H and O–H groups in total. The number of primary amides is 1. The Balaban J connectivity index is 1.93. The Morgan fingerprint density at radius 1 is 1.18 bits per heavy atom. The number of aliphatic imine (C=N–C) groups is 1. The quantitative estimate of drug-likeness (QED) is 0.148. The van der Waals surface area contributed by atoms with E-state index in [9.17, 15) is 9.18 Å². The van der Waals surface area contributed by atoms with Gasteiger partial charge in [0.25, 0.3) is 0 Å². The van der Waals surface area contributed by atoms with Crippen LogP contribution in [0.2, 0.25) is 0 Å². The summed E-state index contributed by atoms with van der Waals surface area (Å²) in [6.45, 7) is 5.62. The second kappa shape index (κ2) is 11.6. The molecule has 0 saturated carbocycles. The van der Waals surface area contributed by atoms with E-state index in [0.29, 0.717) is 41.8 Å². The number of fused-ring (bicyclic) bond motifs is 1. The van der Waals surface area contributed by atoms with Gasteiger partial charge in [-0.15, -0.1) is 11.3 Å². The number of thiophene rings is 1. The lowest BCUT2D eigenvalue weighted by Crippen LogP contribution is -2.31. The number of nitrogens with two attached hydrogens (primary N) is 2. The number of halogens is 2. The van der Waals surface area contributed by atoms with Crippen molar-refractivity contribution in [2.45, 2.75) is 46.0 Å². The zero-order chi connectivity index (χ0) is 27.6. The first kappa shape index (κ1) is 27.7. The molecule has 1 aliphatic rings. The molecule has 1 aliphatic heterocycles. The third-order valence-electron chi connectivity index (χ3n) is 6.24. The Morgan fingerprint density at radius 3 is 2.50 bits per heavy atom. The Morgan fingerprint density at radius 2 is 1.89 bits per heavy atom. The summed E-state index contributed by atoms with van der Waals surface area (Å²) in [5, 5.41) is 8.91. The summed E-state index contributed by atoms with van der Waals surface area (Å²) >= 11 is 5.18. The minimum Gasteiger partial charge on any atom is -0.428 e. The monoisotopic (exact) mass is 596 g/mol. The van der Waals surface area contributed by atoms with E-state index in [1.807, 2.05) is 24.3 Å². The fourth-order valence-electron chi connectivity index (χ4n) is 4.67. The van der Waals surface area contributed by atoms with Gasteiger partial charge < -0.3 is 16.2 Å². The van der Waals surface area contributed by atoms with Gasteiger partial charge in [0.1, 0.15) is 5.82 Å². The Labute approximate surface area is 233 Å². The number of nitrogens with zero attached hydrogens (tertiary/aromatic N) is 1. The van der Waals surface area contributed by atoms with E-state index in [4.69, 9.17) is 26.6 Å². The van der Waals surface area contributed by atoms with Crippen LogP contribution in [0, 0.1) is 17.1 Å². The highest BCUT2D eigenvalue weighted by atomic mass is 79.9. The van der Waals surface area contributed by atoms with Crippen LogP contribution in [0.4, 0.5) is 4.39 Å². The van der Waals surface area contributed by atoms with Gasteiger partial charge in [0.05, 0.1) is 22.9 Å². The van der Waals surface area contributed by atoms with Crippen molar-refractivity contribution < 1.29 is 13.9 Å². The van der Waals surface area contributed by atoms with Crippen molar-refractivity contribution >= 4 is 54.9 Å². The van der Waals surface area contributed by atoms with Gasteiger partial charge in [-0.2, -0.15) is 0 Å². The van der Waals surface area contributed by atoms with E-state index >= 15 is 0 Å². The van der Waals surface area contributed by atoms with E-state index in [2.05, 4.69) is 29.8 Å². The lowest BCUT2D eigenvalue weighted by molar-refractivity contribution is -0.114. The molecule has 1 amide bonds. The average Bonchev–Trinajstić information content (AvgIpc) is 3.27. The predicted octanol–water partition coefficient (Wildman–Crippen LogP) is 6.94. The molecule has 9 heteroatoms. The standard InChI is InChI=1S/C29H30BrFN4O2S/c1-15(2)13-22-25(28(33)36)27(24-14-19-20(30)5-4-6-23(19)38-24)26(29(34)37-16(3)32)21(35-22)12-9-17-7-10-18(31)11-8-17/h4-8,10-11,14-15,27,32H,9,12-13,34H2,1-3H3,(H2,33,36)/b29-26-,32-16?. The molecular weight excluding hydrogens is 567 g/mol. The Kier molecular flexibility index (Phi) is 8.47. The van der Waals surface area contributed by atoms with E-state index < -0.39 is 11.8 Å². The molecule has 1 aromatic heterocycles. The van der Waals surface area contributed by atoms with Gasteiger partial charge >= 0.3 is 0 Å². The van der Waals surface area contributed by atoms with Gasteiger partial charge in [0, 0.05) is 31.9 Å². The molecule has 3 aromatic rings. The van der Waals surface area contributed by atoms with Crippen LogP contribution in [0.5, 0.6) is 0 Å². The van der Waals surface area contributed by atoms with Crippen LogP contribution in [-0.4, -0.2) is 17.5 Å². The molecule has 0 radical (unpaired) electrons. The van der Waals surface area contributed by atoms with Gasteiger partial charge in [-0.1, -0.05) is 48.0 Å². The molecule has 0 saturated heterocycles. The van der Waals surface area contributed by atoms with Crippen LogP contribution >= 0.6 is 27.3 Å². The van der Waals surface area contributed by atoms with Crippen LogP contribution in [-0.2, 0) is 16.0 Å². The normalized spacial score (nSPS) is 17.1. The topological polar surface area (TPSA) is 115 Å². The highest BCUT2D eigenvalue weighted by Gasteiger charge is 2.38. The minimum atomic E-state index is -0.606. The van der Waals surface area contributed by atoms with Gasteiger partial charge in [-0.3, -0.25) is 15.2 Å². The van der Waals surface area contributed by atoms with Crippen molar-refractivity contribution in [3.63, 3.8) is 0 Å². The van der Waals surface area contributed by atoms with Crippen molar-refractivity contribution in [3.05, 3.63) is 92.0 Å². The highest BCUT2D eigenvalue weighted by molar-refractivity contribution is 9.10. The largest absolute Gasteiger partial charge is 0.428 e. The number of carbonyl (C=O) groups excluding carboxylic acids is 1. The van der Waals surface area contributed by atoms with E-state index in [1.165, 1.54) is 19.1 Å². The molecule has 4 rings (SSSR count). The lowest BCUT2D eigenvalue weighted by Gasteiger charge is -2.30. The summed E-state index contributed by atoms with van der Waals surface area (Å²) in [5.41, 5.74) is 15.7. The van der Waals surface area contributed by atoms with Crippen molar-refractivity contribution in [3.8, 4) is 0 Å². The van der Waals surface area contributed by atoms with Gasteiger partial charge in [-0.25, -0.2) is 4.39 Å². The van der Waals surface area contributed by atoms with E-state index in [-0.39, 0.29) is 23.5 Å². The molecule has 198 valence electrons. The number of ether oxygens (including phenoxy) is 1. The number of benzene rings is 2. The van der Waals surface area contributed by atoms with Gasteiger partial charge in [0.15, 0.2) is 11.8 Å². The molecule has 6 nitrogen and oxygen atoms in total. The number of aryl methyl sites for hydroxylation is 1. The van der Waals surface area contributed by atoms with E-state index in [1.54, 1.807) is 23.5 Å². The first-order valence-corrected chi connectivity index (χ1v) is 13.9. The zero-order valence-corrected chi connectivity index (χ0v) is 23.9. The fraction of sp³-hybridized carbons (Fsp3) is 0.276. The average molecular weight is 598 g/mol. The summed E-state index contributed by atoms with van der Waals surface area (Å²) in [5.74, 6) is -1.32. The summed E-state index contributed by atoms with van der Waals surface area (Å²) in [6.07, 6.45) is 1.60. The zero-order valence-electron chi connectivity index (χ0n) is 21.5. The summed E-state index contributed by atoms with van der Waals surface area (Å²) in [4.78, 5) is 18.8. The van der Waals surface area contributed by atoms with Crippen LogP contribution in [0.3, 0.4) is 0 Å². The lowest BCUT2D eigenvalue weighted by atomic mass is 9.80. The smallest absolute Gasteiger partial charge is 0.247 e. The summed E-state index contributed by atoms with van der Waals surface area (Å²) in [7, 11) is 0. The number of nitrogens with one attached hydrogen (secondary N) is 1. The molecule has 0 fully saturated rings. The van der Waals surface area contributed by atoms with Crippen LogP contribution < -0.4 is 11.5 Å². The Hall–Kier alpha value is -3.30. The van der Waals surface area contributed by atoms with Crippen molar-refractivity contribution in [1.82, 2.24) is 0 Å². The first-order chi connectivity index (χ1) is 18.0.